The number of phosphoric acid groups is 3. The highest BCUT2D eigenvalue weighted by Gasteiger charge is 2.47. The summed E-state index contributed by atoms with van der Waals surface area (Å²) < 4.78 is 51.4. The van der Waals surface area contributed by atoms with Crippen molar-refractivity contribution < 1.29 is 61.1 Å². The molecular weight excluding hydrogens is 837 g/mol. The van der Waals surface area contributed by atoms with E-state index in [0.717, 1.165) is 10.8 Å². The standard InChI is InChI=1S/C10H17N4O14P3.4C6H15N/c11-6-1-2-14(10(17)13-6)9-7(12-4-15)8(16)5(26-9)3-25-30(21,22)28-31(23,24)27-29(18,19)20;4*1-4-7(5-2)6-3/h1-2,4-5,7-9,16H,3H2,(H,12,15)(H,21,22)(H,23,24)(H2,11,13,17)(H2,18,19,20);4*4-6H2,1-3H3/t5-,7-,8-,9-;;;;/m1..../s1. The number of nitrogen functional groups attached to an aromatic ring is 1. The van der Waals surface area contributed by atoms with Crippen LogP contribution in [-0.4, -0.2) is 164 Å². The number of aromatic nitrogens is 2. The highest BCUT2D eigenvalue weighted by molar-refractivity contribution is 7.66. The molecule has 352 valence electrons. The first-order valence-electron chi connectivity index (χ1n) is 20.1. The zero-order valence-electron chi connectivity index (χ0n) is 37.2. The number of hydrogen-bond acceptors (Lipinski definition) is 16. The largest absolute Gasteiger partial charge is 0.490 e. The van der Waals surface area contributed by atoms with Crippen LogP contribution >= 0.6 is 23.5 Å². The second-order valence-corrected chi connectivity index (χ2v) is 16.7. The Bertz CT molecular complexity index is 1340. The highest BCUT2D eigenvalue weighted by atomic mass is 31.3. The maximum Gasteiger partial charge on any atom is 0.490 e. The van der Waals surface area contributed by atoms with Crippen molar-refractivity contribution >= 4 is 35.7 Å². The summed E-state index contributed by atoms with van der Waals surface area (Å²) in [5.41, 5.74) is 4.46. The van der Waals surface area contributed by atoms with Gasteiger partial charge in [0.05, 0.1) is 6.61 Å². The van der Waals surface area contributed by atoms with Gasteiger partial charge in [-0.25, -0.2) is 18.5 Å². The molecule has 59 heavy (non-hydrogen) atoms. The normalized spacial score (nSPS) is 19.5. The van der Waals surface area contributed by atoms with Gasteiger partial charge in [-0.15, -0.1) is 0 Å². The third-order valence-corrected chi connectivity index (χ3v) is 12.7. The zero-order valence-corrected chi connectivity index (χ0v) is 39.9. The molecule has 6 atom stereocenters. The summed E-state index contributed by atoms with van der Waals surface area (Å²) in [6.07, 6.45) is -3.17. The Labute approximate surface area is 351 Å². The zero-order chi connectivity index (χ0) is 46.4. The summed E-state index contributed by atoms with van der Waals surface area (Å²) in [4.78, 5) is 71.3. The fourth-order valence-corrected chi connectivity index (χ4v) is 8.18. The van der Waals surface area contributed by atoms with E-state index in [-0.39, 0.29) is 12.2 Å². The maximum absolute atomic E-state index is 12.0. The Balaban J connectivity index is -0.000000898. The molecule has 1 aromatic heterocycles. The molecule has 8 N–H and O–H groups in total. The fourth-order valence-electron chi connectivity index (χ4n) is 5.15. The van der Waals surface area contributed by atoms with Gasteiger partial charge in [-0.3, -0.25) is 13.9 Å². The van der Waals surface area contributed by atoms with Crippen LogP contribution in [0.25, 0.3) is 0 Å². The third-order valence-electron chi connectivity index (χ3n) is 8.94. The van der Waals surface area contributed by atoms with Crippen LogP contribution in [0.3, 0.4) is 0 Å². The molecule has 0 aliphatic carbocycles. The highest BCUT2D eigenvalue weighted by Crippen LogP contribution is 2.66. The number of rotatable bonds is 22. The van der Waals surface area contributed by atoms with Crippen molar-refractivity contribution in [1.82, 2.24) is 34.5 Å². The number of amides is 1. The molecule has 22 nitrogen and oxygen atoms in total. The predicted octanol–water partition coefficient (Wildman–Crippen LogP) is 2.93. The first kappa shape index (κ1) is 61.6. The molecule has 1 amide bonds. The number of phosphoric ester groups is 1. The number of nitrogens with zero attached hydrogens (tertiary/aromatic N) is 6. The number of carbonyl (C=O) groups excluding carboxylic acids is 1. The Morgan fingerprint density at radius 2 is 1.10 bits per heavy atom. The molecule has 25 heteroatoms. The smallest absolute Gasteiger partial charge is 0.388 e. The van der Waals surface area contributed by atoms with E-state index in [9.17, 15) is 33.3 Å². The first-order valence-corrected chi connectivity index (χ1v) is 24.6. The molecule has 0 radical (unpaired) electrons. The van der Waals surface area contributed by atoms with Gasteiger partial charge in [0.25, 0.3) is 0 Å². The van der Waals surface area contributed by atoms with Crippen LogP contribution < -0.4 is 16.7 Å². The van der Waals surface area contributed by atoms with Gasteiger partial charge >= 0.3 is 29.2 Å². The molecule has 1 fully saturated rings. The van der Waals surface area contributed by atoms with Gasteiger partial charge in [-0.1, -0.05) is 83.1 Å². The van der Waals surface area contributed by atoms with E-state index in [1.807, 2.05) is 0 Å². The van der Waals surface area contributed by atoms with Crippen LogP contribution in [-0.2, 0) is 36.4 Å². The molecule has 1 aromatic rings. The van der Waals surface area contributed by atoms with Gasteiger partial charge < -0.3 is 60.1 Å². The number of carbonyl (C=O) groups is 1. The van der Waals surface area contributed by atoms with Crippen molar-refractivity contribution in [2.75, 3.05) is 90.9 Å². The molecular formula is C34H77N8O14P3. The van der Waals surface area contributed by atoms with Gasteiger partial charge in [0.2, 0.25) is 6.41 Å². The summed E-state index contributed by atoms with van der Waals surface area (Å²) in [5, 5.41) is 12.5. The van der Waals surface area contributed by atoms with Crippen LogP contribution in [0.15, 0.2) is 17.1 Å². The van der Waals surface area contributed by atoms with E-state index in [1.165, 1.54) is 84.6 Å². The maximum atomic E-state index is 12.0. The molecule has 2 rings (SSSR count). The van der Waals surface area contributed by atoms with Crippen molar-refractivity contribution in [2.24, 2.45) is 0 Å². The van der Waals surface area contributed by atoms with Crippen molar-refractivity contribution in [1.29, 1.82) is 0 Å². The van der Waals surface area contributed by atoms with Crippen LogP contribution in [0.5, 0.6) is 0 Å². The van der Waals surface area contributed by atoms with Crippen molar-refractivity contribution in [3.8, 4) is 0 Å². The lowest BCUT2D eigenvalue weighted by molar-refractivity contribution is -0.111. The number of aliphatic hydroxyl groups excluding tert-OH is 1. The summed E-state index contributed by atoms with van der Waals surface area (Å²) >= 11 is 0. The Morgan fingerprint density at radius 1 is 0.729 bits per heavy atom. The number of aliphatic hydroxyl groups is 1. The second-order valence-electron chi connectivity index (χ2n) is 12.3. The van der Waals surface area contributed by atoms with Crippen LogP contribution in [0.4, 0.5) is 5.82 Å². The number of nitrogens with two attached hydrogens (primary N) is 1. The van der Waals surface area contributed by atoms with E-state index >= 15 is 0 Å². The number of anilines is 1. The minimum atomic E-state index is -5.73. The lowest BCUT2D eigenvalue weighted by Gasteiger charge is -2.20. The number of hydrogen-bond donors (Lipinski definition) is 7. The summed E-state index contributed by atoms with van der Waals surface area (Å²) in [7, 11) is -16.8. The van der Waals surface area contributed by atoms with Gasteiger partial charge in [0.1, 0.15) is 24.1 Å². The first-order chi connectivity index (χ1) is 27.5. The lowest BCUT2D eigenvalue weighted by Crippen LogP contribution is -2.45. The molecule has 0 saturated carbocycles. The van der Waals surface area contributed by atoms with E-state index in [2.05, 4.69) is 126 Å². The molecule has 2 heterocycles. The summed E-state index contributed by atoms with van der Waals surface area (Å²) in [6.45, 7) is 39.5. The van der Waals surface area contributed by atoms with Gasteiger partial charge in [0.15, 0.2) is 6.23 Å². The number of nitrogens with one attached hydrogen (secondary N) is 1. The lowest BCUT2D eigenvalue weighted by atomic mass is 10.1. The molecule has 0 bridgehead atoms. The van der Waals surface area contributed by atoms with Crippen molar-refractivity contribution in [3.63, 3.8) is 0 Å². The minimum absolute atomic E-state index is 0.121. The Morgan fingerprint density at radius 3 is 1.39 bits per heavy atom. The average molecular weight is 915 g/mol. The van der Waals surface area contributed by atoms with Gasteiger partial charge in [-0.2, -0.15) is 13.6 Å². The molecule has 1 saturated heterocycles. The third kappa shape index (κ3) is 28.5. The van der Waals surface area contributed by atoms with E-state index in [1.54, 1.807) is 0 Å². The average Bonchev–Trinajstić information content (AvgIpc) is 3.47. The quantitative estimate of drug-likeness (QED) is 0.0650. The molecule has 0 aromatic carbocycles. The van der Waals surface area contributed by atoms with Crippen LogP contribution in [0.2, 0.25) is 0 Å². The second kappa shape index (κ2) is 33.9. The topological polar surface area (TPSA) is 292 Å². The fraction of sp³-hybridized carbons (Fsp3) is 0.853. The predicted molar refractivity (Wildman–Crippen MR) is 229 cm³/mol. The molecule has 1 aliphatic rings. The molecule has 1 aliphatic heterocycles. The Hall–Kier alpha value is -1.68. The molecule has 0 spiro atoms. The SMILES string of the molecule is CCN(CC)CC.CCN(CC)CC.CCN(CC)CC.CCN(CC)CC.Nc1ccn([C@@H]2O[C@H](COP(=O)(O)OP(=O)(O)OP(=O)(O)O)[C@@H](O)[C@H]2NC=O)c(=O)n1. The van der Waals surface area contributed by atoms with Crippen LogP contribution in [0, 0.1) is 0 Å². The molecule has 2 unspecified atom stereocenters. The number of ether oxygens (including phenoxy) is 1. The monoisotopic (exact) mass is 914 g/mol. The summed E-state index contributed by atoms with van der Waals surface area (Å²) in [6, 6.07) is -0.0516. The van der Waals surface area contributed by atoms with Crippen LogP contribution in [0.1, 0.15) is 89.3 Å². The van der Waals surface area contributed by atoms with Gasteiger partial charge in [-0.05, 0) is 84.6 Å². The van der Waals surface area contributed by atoms with Crippen molar-refractivity contribution in [2.45, 2.75) is 108 Å². The summed E-state index contributed by atoms with van der Waals surface area (Å²) in [5.74, 6) is -0.121. The van der Waals surface area contributed by atoms with Crippen molar-refractivity contribution in [3.05, 3.63) is 22.7 Å². The van der Waals surface area contributed by atoms with E-state index in [0.29, 0.717) is 0 Å². The van der Waals surface area contributed by atoms with E-state index in [4.69, 9.17) is 25.2 Å². The minimum Gasteiger partial charge on any atom is -0.388 e. The van der Waals surface area contributed by atoms with E-state index < -0.39 is 60.2 Å². The Kier molecular flexibility index (Phi) is 35.4. The van der Waals surface area contributed by atoms with Gasteiger partial charge in [0, 0.05) is 6.20 Å².